The standard InChI is InChI=1S/C22H21N4O/c27-22(18-6-2-1-3-7-18)24-19-9-11-20(12-10-19)25-14-16-26(17-15-25)21-8-4-5-13-23-21/h2-13H,14-17H2,(H,24,27). The Bertz CT molecular complexity index is 873. The van der Waals surface area contributed by atoms with Gasteiger partial charge in [0, 0.05) is 49.3 Å². The highest BCUT2D eigenvalue weighted by Gasteiger charge is 2.18. The first-order valence-corrected chi connectivity index (χ1v) is 9.08. The van der Waals surface area contributed by atoms with Crippen LogP contribution in [-0.4, -0.2) is 37.1 Å². The van der Waals surface area contributed by atoms with Crippen molar-refractivity contribution in [3.05, 3.63) is 84.6 Å². The molecule has 5 nitrogen and oxygen atoms in total. The molecule has 0 aliphatic carbocycles. The third kappa shape index (κ3) is 4.08. The van der Waals surface area contributed by atoms with Gasteiger partial charge in [0.1, 0.15) is 5.82 Å². The van der Waals surface area contributed by atoms with Crippen molar-refractivity contribution in [2.45, 2.75) is 0 Å². The second-order valence-corrected chi connectivity index (χ2v) is 6.45. The summed E-state index contributed by atoms with van der Waals surface area (Å²) >= 11 is 0. The SMILES string of the molecule is O=C(Nc1ccc(N2CCN(c3ccccn3)CC2)cc1)c1cc[c]cc1. The van der Waals surface area contributed by atoms with Crippen molar-refractivity contribution in [3.63, 3.8) is 0 Å². The van der Waals surface area contributed by atoms with Gasteiger partial charge in [0.2, 0.25) is 0 Å². The Labute approximate surface area is 159 Å². The maximum Gasteiger partial charge on any atom is 0.255 e. The van der Waals surface area contributed by atoms with Crippen LogP contribution >= 0.6 is 0 Å². The Morgan fingerprint density at radius 2 is 1.59 bits per heavy atom. The number of carbonyl (C=O) groups is 1. The smallest absolute Gasteiger partial charge is 0.255 e. The molecule has 1 aliphatic heterocycles. The van der Waals surface area contributed by atoms with Gasteiger partial charge in [-0.2, -0.15) is 0 Å². The van der Waals surface area contributed by atoms with Gasteiger partial charge in [-0.25, -0.2) is 4.98 Å². The molecule has 5 heteroatoms. The number of benzene rings is 2. The first kappa shape index (κ1) is 17.1. The Morgan fingerprint density at radius 1 is 0.889 bits per heavy atom. The van der Waals surface area contributed by atoms with Crippen LogP contribution in [-0.2, 0) is 0 Å². The van der Waals surface area contributed by atoms with Crippen LogP contribution in [0.4, 0.5) is 17.2 Å². The zero-order chi connectivity index (χ0) is 18.5. The number of nitrogens with one attached hydrogen (secondary N) is 1. The van der Waals surface area contributed by atoms with Gasteiger partial charge in [0.05, 0.1) is 0 Å². The van der Waals surface area contributed by atoms with Gasteiger partial charge < -0.3 is 15.1 Å². The minimum absolute atomic E-state index is 0.110. The number of hydrogen-bond acceptors (Lipinski definition) is 4. The minimum atomic E-state index is -0.110. The van der Waals surface area contributed by atoms with Gasteiger partial charge in [-0.1, -0.05) is 18.2 Å². The fourth-order valence-corrected chi connectivity index (χ4v) is 3.23. The van der Waals surface area contributed by atoms with E-state index in [0.717, 1.165) is 37.7 Å². The van der Waals surface area contributed by atoms with Crippen LogP contribution in [0.1, 0.15) is 10.4 Å². The number of aromatic nitrogens is 1. The van der Waals surface area contributed by atoms with Gasteiger partial charge in [-0.3, -0.25) is 4.79 Å². The number of pyridine rings is 1. The molecule has 4 rings (SSSR count). The Balaban J connectivity index is 1.35. The molecule has 1 aliphatic rings. The quantitative estimate of drug-likeness (QED) is 0.777. The topological polar surface area (TPSA) is 48.5 Å². The number of nitrogens with zero attached hydrogens (tertiary/aromatic N) is 3. The number of rotatable bonds is 4. The molecule has 1 aromatic heterocycles. The lowest BCUT2D eigenvalue weighted by Gasteiger charge is -2.36. The monoisotopic (exact) mass is 357 g/mol. The predicted octanol–water partition coefficient (Wildman–Crippen LogP) is 3.46. The van der Waals surface area contributed by atoms with Crippen LogP contribution in [0.3, 0.4) is 0 Å². The number of carbonyl (C=O) groups excluding carboxylic acids is 1. The van der Waals surface area contributed by atoms with Gasteiger partial charge >= 0.3 is 0 Å². The van der Waals surface area contributed by atoms with E-state index in [0.29, 0.717) is 5.56 Å². The fraction of sp³-hybridized carbons (Fsp3) is 0.182. The summed E-state index contributed by atoms with van der Waals surface area (Å²) in [7, 11) is 0. The molecular formula is C22H21N4O. The second-order valence-electron chi connectivity index (χ2n) is 6.45. The molecule has 3 aromatic rings. The Hall–Kier alpha value is -3.34. The maximum absolute atomic E-state index is 12.2. The summed E-state index contributed by atoms with van der Waals surface area (Å²) < 4.78 is 0. The molecule has 1 amide bonds. The number of anilines is 3. The minimum Gasteiger partial charge on any atom is -0.368 e. The second kappa shape index (κ2) is 7.91. The van der Waals surface area contributed by atoms with Crippen molar-refractivity contribution >= 4 is 23.1 Å². The van der Waals surface area contributed by atoms with E-state index in [-0.39, 0.29) is 5.91 Å². The third-order valence-electron chi connectivity index (χ3n) is 4.72. The van der Waals surface area contributed by atoms with Gasteiger partial charge in [-0.05, 0) is 54.6 Å². The molecule has 0 saturated carbocycles. The van der Waals surface area contributed by atoms with E-state index < -0.39 is 0 Å². The van der Waals surface area contributed by atoms with Gasteiger partial charge in [0.25, 0.3) is 5.91 Å². The first-order chi connectivity index (χ1) is 13.3. The lowest BCUT2D eigenvalue weighted by atomic mass is 10.2. The third-order valence-corrected chi connectivity index (χ3v) is 4.72. The van der Waals surface area contributed by atoms with Crippen molar-refractivity contribution in [1.29, 1.82) is 0 Å². The zero-order valence-electron chi connectivity index (χ0n) is 15.0. The highest BCUT2D eigenvalue weighted by molar-refractivity contribution is 6.04. The number of piperazine rings is 1. The Kier molecular flexibility index (Phi) is 5.01. The van der Waals surface area contributed by atoms with Crippen molar-refractivity contribution in [1.82, 2.24) is 4.98 Å². The fourth-order valence-electron chi connectivity index (χ4n) is 3.23. The van der Waals surface area contributed by atoms with Crippen LogP contribution in [0.15, 0.2) is 72.9 Å². The van der Waals surface area contributed by atoms with Crippen molar-refractivity contribution in [2.24, 2.45) is 0 Å². The summed E-state index contributed by atoms with van der Waals surface area (Å²) in [4.78, 5) is 21.3. The summed E-state index contributed by atoms with van der Waals surface area (Å²) in [6.45, 7) is 3.78. The Morgan fingerprint density at radius 3 is 2.26 bits per heavy atom. The van der Waals surface area contributed by atoms with Crippen LogP contribution < -0.4 is 15.1 Å². The highest BCUT2D eigenvalue weighted by atomic mass is 16.1. The van der Waals surface area contributed by atoms with E-state index in [1.54, 1.807) is 24.3 Å². The molecule has 0 atom stereocenters. The number of amides is 1. The van der Waals surface area contributed by atoms with Crippen LogP contribution in [0.5, 0.6) is 0 Å². The predicted molar refractivity (Wildman–Crippen MR) is 108 cm³/mol. The molecule has 0 bridgehead atoms. The van der Waals surface area contributed by atoms with Crippen LogP contribution in [0.2, 0.25) is 0 Å². The molecule has 2 heterocycles. The normalized spacial score (nSPS) is 14.1. The van der Waals surface area contributed by atoms with Gasteiger partial charge in [0.15, 0.2) is 0 Å². The van der Waals surface area contributed by atoms with Crippen LogP contribution in [0.25, 0.3) is 0 Å². The zero-order valence-corrected chi connectivity index (χ0v) is 15.0. The molecule has 2 aromatic carbocycles. The summed E-state index contributed by atoms with van der Waals surface area (Å²) in [6.07, 6.45) is 1.84. The molecule has 1 N–H and O–H groups in total. The van der Waals surface area contributed by atoms with E-state index in [2.05, 4.69) is 44.4 Å². The molecule has 1 saturated heterocycles. The summed E-state index contributed by atoms with van der Waals surface area (Å²) in [5.41, 5.74) is 2.59. The molecule has 0 unspecified atom stereocenters. The van der Waals surface area contributed by atoms with E-state index in [1.165, 1.54) is 5.69 Å². The molecule has 1 radical (unpaired) electrons. The van der Waals surface area contributed by atoms with Crippen molar-refractivity contribution in [2.75, 3.05) is 41.3 Å². The van der Waals surface area contributed by atoms with E-state index >= 15 is 0 Å². The van der Waals surface area contributed by atoms with Crippen LogP contribution in [0, 0.1) is 6.07 Å². The number of hydrogen-bond donors (Lipinski definition) is 1. The highest BCUT2D eigenvalue weighted by Crippen LogP contribution is 2.21. The maximum atomic E-state index is 12.2. The summed E-state index contributed by atoms with van der Waals surface area (Å²) in [6, 6.07) is 23.9. The lowest BCUT2D eigenvalue weighted by Crippen LogP contribution is -2.46. The molecule has 0 spiro atoms. The average Bonchev–Trinajstić information content (AvgIpc) is 2.76. The molecule has 135 valence electrons. The first-order valence-electron chi connectivity index (χ1n) is 9.08. The van der Waals surface area contributed by atoms with Crippen molar-refractivity contribution in [3.8, 4) is 0 Å². The molecular weight excluding hydrogens is 336 g/mol. The lowest BCUT2D eigenvalue weighted by molar-refractivity contribution is 0.102. The van der Waals surface area contributed by atoms with E-state index in [4.69, 9.17) is 0 Å². The molecule has 27 heavy (non-hydrogen) atoms. The van der Waals surface area contributed by atoms with E-state index in [1.807, 2.05) is 30.5 Å². The van der Waals surface area contributed by atoms with E-state index in [9.17, 15) is 4.79 Å². The molecule has 1 fully saturated rings. The van der Waals surface area contributed by atoms with Gasteiger partial charge in [-0.15, -0.1) is 0 Å². The summed E-state index contributed by atoms with van der Waals surface area (Å²) in [5, 5.41) is 2.93. The average molecular weight is 357 g/mol. The van der Waals surface area contributed by atoms with Crippen molar-refractivity contribution < 1.29 is 4.79 Å². The summed E-state index contributed by atoms with van der Waals surface area (Å²) in [5.74, 6) is 0.925. The largest absolute Gasteiger partial charge is 0.368 e.